The molecule has 23 heavy (non-hydrogen) atoms. The molecule has 2 amide bonds. The molecule has 7 heteroatoms. The maximum atomic E-state index is 11.7. The van der Waals surface area contributed by atoms with E-state index in [1.54, 1.807) is 0 Å². The maximum Gasteiger partial charge on any atom is 0.239 e. The van der Waals surface area contributed by atoms with Crippen molar-refractivity contribution in [1.29, 1.82) is 0 Å². The molecule has 0 bridgehead atoms. The molecule has 1 aliphatic rings. The molecule has 1 fully saturated rings. The molecule has 1 saturated heterocycles. The number of likely N-dealkylation sites (tertiary alicyclic amines) is 1. The van der Waals surface area contributed by atoms with Crippen LogP contribution in [0.4, 0.5) is 0 Å². The third-order valence-corrected chi connectivity index (χ3v) is 3.63. The molecule has 0 spiro atoms. The van der Waals surface area contributed by atoms with Crippen molar-refractivity contribution in [1.82, 2.24) is 20.5 Å². The lowest BCUT2D eigenvalue weighted by Crippen LogP contribution is -2.42. The molecule has 0 radical (unpaired) electrons. The predicted molar refractivity (Wildman–Crippen MR) is 85.9 cm³/mol. The normalized spacial score (nSPS) is 17.7. The van der Waals surface area contributed by atoms with Gasteiger partial charge >= 0.3 is 0 Å². The minimum Gasteiger partial charge on any atom is -0.478 e. The highest BCUT2D eigenvalue weighted by atomic mass is 16.5. The molecule has 1 atom stereocenters. The number of carbonyl (C=O) groups excluding carboxylic acids is 2. The number of aromatic nitrogens is 1. The predicted octanol–water partition coefficient (Wildman–Crippen LogP) is 0.307. The van der Waals surface area contributed by atoms with Crippen LogP contribution in [-0.2, 0) is 16.1 Å². The average Bonchev–Trinajstić information content (AvgIpc) is 2.94. The van der Waals surface area contributed by atoms with Crippen LogP contribution in [0.1, 0.15) is 25.8 Å². The van der Waals surface area contributed by atoms with Gasteiger partial charge in [0.15, 0.2) is 0 Å². The molecule has 1 aromatic heterocycles. The summed E-state index contributed by atoms with van der Waals surface area (Å²) >= 11 is 0. The first-order valence-corrected chi connectivity index (χ1v) is 7.90. The monoisotopic (exact) mass is 320 g/mol. The van der Waals surface area contributed by atoms with Gasteiger partial charge in [0.25, 0.3) is 0 Å². The highest BCUT2D eigenvalue weighted by Gasteiger charge is 2.23. The molecule has 0 aromatic carbocycles. The van der Waals surface area contributed by atoms with E-state index in [1.807, 2.05) is 25.3 Å². The second-order valence-electron chi connectivity index (χ2n) is 5.64. The van der Waals surface area contributed by atoms with E-state index in [0.717, 1.165) is 31.6 Å². The lowest BCUT2D eigenvalue weighted by molar-refractivity contribution is -0.125. The number of ether oxygens (including phenoxy) is 1. The summed E-state index contributed by atoms with van der Waals surface area (Å²) in [5.41, 5.74) is 1.12. The number of pyridine rings is 1. The van der Waals surface area contributed by atoms with Crippen LogP contribution in [0.2, 0.25) is 0 Å². The SMILES string of the molecule is CCOc1ccc(CN2CC[C@H](NC(=O)CNC(C)=O)C2)cn1. The van der Waals surface area contributed by atoms with Gasteiger partial charge in [-0.05, 0) is 18.9 Å². The maximum absolute atomic E-state index is 11.7. The molecule has 2 N–H and O–H groups in total. The van der Waals surface area contributed by atoms with E-state index < -0.39 is 0 Å². The molecule has 2 rings (SSSR count). The Morgan fingerprint density at radius 1 is 1.43 bits per heavy atom. The van der Waals surface area contributed by atoms with E-state index in [4.69, 9.17) is 4.74 Å². The first-order valence-electron chi connectivity index (χ1n) is 7.90. The van der Waals surface area contributed by atoms with E-state index in [-0.39, 0.29) is 24.4 Å². The van der Waals surface area contributed by atoms with Crippen LogP contribution in [0.5, 0.6) is 5.88 Å². The van der Waals surface area contributed by atoms with Crippen molar-refractivity contribution in [3.8, 4) is 5.88 Å². The second-order valence-corrected chi connectivity index (χ2v) is 5.64. The van der Waals surface area contributed by atoms with Crippen molar-refractivity contribution in [2.24, 2.45) is 0 Å². The highest BCUT2D eigenvalue weighted by Crippen LogP contribution is 2.14. The van der Waals surface area contributed by atoms with Crippen molar-refractivity contribution in [3.05, 3.63) is 23.9 Å². The smallest absolute Gasteiger partial charge is 0.239 e. The van der Waals surface area contributed by atoms with Crippen molar-refractivity contribution in [3.63, 3.8) is 0 Å². The Hall–Kier alpha value is -2.15. The fourth-order valence-corrected chi connectivity index (χ4v) is 2.57. The van der Waals surface area contributed by atoms with Crippen LogP contribution in [-0.4, -0.2) is 54.0 Å². The molecule has 2 heterocycles. The van der Waals surface area contributed by atoms with Crippen molar-refractivity contribution in [2.75, 3.05) is 26.2 Å². The summed E-state index contributed by atoms with van der Waals surface area (Å²) in [6.45, 7) is 6.51. The molecular weight excluding hydrogens is 296 g/mol. The van der Waals surface area contributed by atoms with Gasteiger partial charge in [0.05, 0.1) is 13.2 Å². The Labute approximate surface area is 136 Å². The highest BCUT2D eigenvalue weighted by molar-refractivity contribution is 5.83. The molecule has 0 aliphatic carbocycles. The average molecular weight is 320 g/mol. The third kappa shape index (κ3) is 5.86. The van der Waals surface area contributed by atoms with E-state index >= 15 is 0 Å². The van der Waals surface area contributed by atoms with Crippen LogP contribution in [0, 0.1) is 0 Å². The molecular formula is C16H24N4O3. The van der Waals surface area contributed by atoms with Crippen LogP contribution < -0.4 is 15.4 Å². The summed E-state index contributed by atoms with van der Waals surface area (Å²) in [6, 6.07) is 4.02. The van der Waals surface area contributed by atoms with Crippen molar-refractivity contribution < 1.29 is 14.3 Å². The van der Waals surface area contributed by atoms with E-state index in [9.17, 15) is 9.59 Å². The number of amides is 2. The molecule has 1 aromatic rings. The molecule has 0 saturated carbocycles. The van der Waals surface area contributed by atoms with Crippen LogP contribution in [0.15, 0.2) is 18.3 Å². The van der Waals surface area contributed by atoms with Gasteiger partial charge in [-0.3, -0.25) is 14.5 Å². The number of hydrogen-bond acceptors (Lipinski definition) is 5. The molecule has 1 aliphatic heterocycles. The van der Waals surface area contributed by atoms with Crippen molar-refractivity contribution in [2.45, 2.75) is 32.9 Å². The van der Waals surface area contributed by atoms with Crippen LogP contribution in [0.25, 0.3) is 0 Å². The Morgan fingerprint density at radius 2 is 2.26 bits per heavy atom. The van der Waals surface area contributed by atoms with Crippen LogP contribution >= 0.6 is 0 Å². The van der Waals surface area contributed by atoms with Gasteiger partial charge in [-0.2, -0.15) is 0 Å². The fourth-order valence-electron chi connectivity index (χ4n) is 2.57. The number of nitrogens with one attached hydrogen (secondary N) is 2. The zero-order valence-electron chi connectivity index (χ0n) is 13.7. The van der Waals surface area contributed by atoms with Gasteiger partial charge in [-0.1, -0.05) is 6.07 Å². The Kier molecular flexibility index (Phi) is 6.34. The van der Waals surface area contributed by atoms with Gasteiger partial charge < -0.3 is 15.4 Å². The summed E-state index contributed by atoms with van der Waals surface area (Å²) in [5, 5.41) is 5.45. The topological polar surface area (TPSA) is 83.6 Å². The van der Waals surface area contributed by atoms with Gasteiger partial charge in [0.1, 0.15) is 0 Å². The summed E-state index contributed by atoms with van der Waals surface area (Å²) in [4.78, 5) is 29.0. The van der Waals surface area contributed by atoms with E-state index in [1.165, 1.54) is 6.92 Å². The summed E-state index contributed by atoms with van der Waals surface area (Å²) in [6.07, 6.45) is 2.74. The van der Waals surface area contributed by atoms with Gasteiger partial charge in [0, 0.05) is 44.9 Å². The van der Waals surface area contributed by atoms with E-state index in [0.29, 0.717) is 12.5 Å². The second kappa shape index (κ2) is 8.47. The number of nitrogens with zero attached hydrogens (tertiary/aromatic N) is 2. The lowest BCUT2D eigenvalue weighted by Gasteiger charge is -2.17. The first-order chi connectivity index (χ1) is 11.1. The molecule has 7 nitrogen and oxygen atoms in total. The lowest BCUT2D eigenvalue weighted by atomic mass is 10.2. The van der Waals surface area contributed by atoms with Gasteiger partial charge in [0.2, 0.25) is 17.7 Å². The molecule has 0 unspecified atom stereocenters. The number of carbonyl (C=O) groups is 2. The largest absolute Gasteiger partial charge is 0.478 e. The minimum absolute atomic E-state index is 0.0364. The number of hydrogen-bond donors (Lipinski definition) is 2. The Balaban J connectivity index is 1.74. The summed E-state index contributed by atoms with van der Waals surface area (Å²) in [5.74, 6) is 0.298. The van der Waals surface area contributed by atoms with Gasteiger partial charge in [-0.25, -0.2) is 4.98 Å². The zero-order chi connectivity index (χ0) is 16.7. The van der Waals surface area contributed by atoms with Crippen molar-refractivity contribution >= 4 is 11.8 Å². The third-order valence-electron chi connectivity index (χ3n) is 3.63. The zero-order valence-corrected chi connectivity index (χ0v) is 13.7. The number of rotatable bonds is 7. The fraction of sp³-hybridized carbons (Fsp3) is 0.562. The minimum atomic E-state index is -0.198. The first kappa shape index (κ1) is 17.2. The standard InChI is InChI=1S/C16H24N4O3/c1-3-23-16-5-4-13(8-18-16)10-20-7-6-14(11-20)19-15(22)9-17-12(2)21/h4-5,8,14H,3,6-7,9-11H2,1-2H3,(H,17,21)(H,19,22)/t14-/m0/s1. The quantitative estimate of drug-likeness (QED) is 0.755. The van der Waals surface area contributed by atoms with Gasteiger partial charge in [-0.15, -0.1) is 0 Å². The van der Waals surface area contributed by atoms with E-state index in [2.05, 4.69) is 20.5 Å². The summed E-state index contributed by atoms with van der Waals surface area (Å²) in [7, 11) is 0. The Morgan fingerprint density at radius 3 is 2.91 bits per heavy atom. The van der Waals surface area contributed by atoms with Crippen LogP contribution in [0.3, 0.4) is 0 Å². The Bertz CT molecular complexity index is 533. The molecule has 126 valence electrons. The summed E-state index contributed by atoms with van der Waals surface area (Å²) < 4.78 is 5.33.